The summed E-state index contributed by atoms with van der Waals surface area (Å²) in [5.74, 6) is 1.36. The van der Waals surface area contributed by atoms with E-state index in [9.17, 15) is 0 Å². The molecule has 1 saturated heterocycles. The first-order valence-electron chi connectivity index (χ1n) is 11.2. The Bertz CT molecular complexity index is 894. The molecule has 1 fully saturated rings. The van der Waals surface area contributed by atoms with Gasteiger partial charge in [-0.15, -0.1) is 0 Å². The van der Waals surface area contributed by atoms with E-state index < -0.39 is 0 Å². The van der Waals surface area contributed by atoms with Gasteiger partial charge in [0.15, 0.2) is 0 Å². The molecule has 0 spiro atoms. The van der Waals surface area contributed by atoms with E-state index in [1.165, 1.54) is 0 Å². The summed E-state index contributed by atoms with van der Waals surface area (Å²) in [6, 6.07) is 7.51. The molecule has 2 aromatic heterocycles. The highest BCUT2D eigenvalue weighted by Gasteiger charge is 2.28. The molecule has 10 nitrogen and oxygen atoms in total. The number of amidine groups is 1. The molecule has 2 aromatic rings. The number of anilines is 1. The van der Waals surface area contributed by atoms with Gasteiger partial charge in [-0.2, -0.15) is 9.95 Å². The minimum absolute atomic E-state index is 0.150. The predicted octanol–water partition coefficient (Wildman–Crippen LogP) is 2.43. The van der Waals surface area contributed by atoms with Gasteiger partial charge in [0.25, 0.3) is 0 Å². The Kier molecular flexibility index (Phi) is 9.27. The molecule has 0 aromatic carbocycles. The van der Waals surface area contributed by atoms with Crippen LogP contribution in [-0.2, 0) is 0 Å². The fourth-order valence-electron chi connectivity index (χ4n) is 3.13. The van der Waals surface area contributed by atoms with E-state index >= 15 is 0 Å². The second kappa shape index (κ2) is 12.1. The van der Waals surface area contributed by atoms with Crippen molar-refractivity contribution in [2.24, 2.45) is 5.41 Å². The number of nitrogens with zero attached hydrogens (tertiary/aromatic N) is 4. The third-order valence-electron chi connectivity index (χ3n) is 5.38. The first-order chi connectivity index (χ1) is 15.9. The van der Waals surface area contributed by atoms with E-state index in [-0.39, 0.29) is 11.3 Å². The number of hydrogen-bond donors (Lipinski definition) is 5. The summed E-state index contributed by atoms with van der Waals surface area (Å²) in [6.07, 6.45) is 5.38. The first-order valence-corrected chi connectivity index (χ1v) is 12.0. The van der Waals surface area contributed by atoms with Gasteiger partial charge >= 0.3 is 0 Å². The molecule has 3 rings (SSSR count). The Morgan fingerprint density at radius 3 is 2.76 bits per heavy atom. The highest BCUT2D eigenvalue weighted by atomic mass is 32.2. The van der Waals surface area contributed by atoms with Crippen molar-refractivity contribution < 1.29 is 4.74 Å². The van der Waals surface area contributed by atoms with Crippen LogP contribution in [0.1, 0.15) is 39.2 Å². The monoisotopic (exact) mass is 473 g/mol. The zero-order valence-electron chi connectivity index (χ0n) is 19.6. The quantitative estimate of drug-likeness (QED) is 0.0973. The molecule has 1 aliphatic heterocycles. The van der Waals surface area contributed by atoms with Gasteiger partial charge < -0.3 is 10.5 Å². The molecule has 6 N–H and O–H groups in total. The Hall–Kier alpha value is -2.44. The number of nitrogens with one attached hydrogen (secondary N) is 4. The summed E-state index contributed by atoms with van der Waals surface area (Å²) in [6.45, 7) is 11.0. The van der Waals surface area contributed by atoms with Crippen molar-refractivity contribution in [3.8, 4) is 5.88 Å². The van der Waals surface area contributed by atoms with Gasteiger partial charge in [-0.25, -0.2) is 20.4 Å². The van der Waals surface area contributed by atoms with Gasteiger partial charge in [-0.3, -0.25) is 10.8 Å². The molecule has 33 heavy (non-hydrogen) atoms. The predicted molar refractivity (Wildman–Crippen MR) is 132 cm³/mol. The van der Waals surface area contributed by atoms with Crippen LogP contribution < -0.4 is 26.9 Å². The third kappa shape index (κ3) is 8.13. The molecule has 0 bridgehead atoms. The standard InChI is InChI=1S/C22H35N9OS/c1-4-27-29-28-21(24)17-5-6-20(26-16-17)32-14-9-22(2,3)8-11-30-12-13-31(30)33-18-7-10-25-19(23)15-18/h5-7,10,15-16,27,29H,4,8-9,11-14H2,1-3H3,(H2,23,25)(H2,24,28). The van der Waals surface area contributed by atoms with Gasteiger partial charge in [0, 0.05) is 55.1 Å². The van der Waals surface area contributed by atoms with Gasteiger partial charge in [0.05, 0.1) is 6.61 Å². The smallest absolute Gasteiger partial charge is 0.213 e. The van der Waals surface area contributed by atoms with Crippen LogP contribution in [0.3, 0.4) is 0 Å². The second-order valence-corrected chi connectivity index (χ2v) is 9.67. The van der Waals surface area contributed by atoms with Gasteiger partial charge in [0.2, 0.25) is 5.88 Å². The topological polar surface area (TPSA) is 127 Å². The molecule has 180 valence electrons. The van der Waals surface area contributed by atoms with Crippen LogP contribution in [0.5, 0.6) is 5.88 Å². The number of ether oxygens (including phenoxy) is 1. The van der Waals surface area contributed by atoms with E-state index in [1.807, 2.05) is 25.1 Å². The number of hydrazine groups is 3. The maximum absolute atomic E-state index is 7.97. The van der Waals surface area contributed by atoms with Crippen molar-refractivity contribution in [2.75, 3.05) is 38.5 Å². The van der Waals surface area contributed by atoms with E-state index in [4.69, 9.17) is 15.9 Å². The molecular formula is C22H35N9OS. The fraction of sp³-hybridized carbons (Fsp3) is 0.500. The molecule has 0 saturated carbocycles. The zero-order valence-corrected chi connectivity index (χ0v) is 20.4. The van der Waals surface area contributed by atoms with Crippen molar-refractivity contribution in [1.29, 1.82) is 5.41 Å². The number of nitrogen functional groups attached to an aromatic ring is 1. The lowest BCUT2D eigenvalue weighted by molar-refractivity contribution is -0.0297. The van der Waals surface area contributed by atoms with Gasteiger partial charge in [-0.05, 0) is 48.4 Å². The molecule has 0 aliphatic carbocycles. The number of nitrogens with two attached hydrogens (primary N) is 1. The summed E-state index contributed by atoms with van der Waals surface area (Å²) in [5, 5.41) is 10.3. The minimum atomic E-state index is 0.150. The van der Waals surface area contributed by atoms with Gasteiger partial charge in [-0.1, -0.05) is 20.8 Å². The highest BCUT2D eigenvalue weighted by molar-refractivity contribution is 7.97. The van der Waals surface area contributed by atoms with Crippen molar-refractivity contribution in [3.63, 3.8) is 0 Å². The molecule has 0 atom stereocenters. The van der Waals surface area contributed by atoms with E-state index in [0.717, 1.165) is 43.9 Å². The molecule has 11 heteroatoms. The zero-order chi connectivity index (χ0) is 23.7. The van der Waals surface area contributed by atoms with Crippen LogP contribution in [-0.4, -0.2) is 58.0 Å². The molecule has 0 amide bonds. The number of pyridine rings is 2. The summed E-state index contributed by atoms with van der Waals surface area (Å²) in [4.78, 5) is 9.48. The van der Waals surface area contributed by atoms with Crippen LogP contribution >= 0.6 is 11.9 Å². The van der Waals surface area contributed by atoms with Crippen molar-refractivity contribution in [3.05, 3.63) is 42.2 Å². The summed E-state index contributed by atoms with van der Waals surface area (Å²) >= 11 is 1.71. The largest absolute Gasteiger partial charge is 0.478 e. The SMILES string of the molecule is CCNNNC(=N)c1ccc(OCCC(C)(C)CCN2CCN2Sc2ccnc(N)c2)nc1. The number of hydrogen-bond acceptors (Lipinski definition) is 10. The lowest BCUT2D eigenvalue weighted by Gasteiger charge is -2.44. The maximum atomic E-state index is 7.97. The van der Waals surface area contributed by atoms with Crippen LogP contribution in [0.4, 0.5) is 5.82 Å². The summed E-state index contributed by atoms with van der Waals surface area (Å²) < 4.78 is 8.14. The van der Waals surface area contributed by atoms with Crippen LogP contribution in [0, 0.1) is 10.8 Å². The lowest BCUT2D eigenvalue weighted by Crippen LogP contribution is -2.53. The van der Waals surface area contributed by atoms with Gasteiger partial charge in [0.1, 0.15) is 11.7 Å². The third-order valence-corrected chi connectivity index (χ3v) is 6.47. The second-order valence-electron chi connectivity index (χ2n) is 8.59. The average Bonchev–Trinajstić information content (AvgIpc) is 2.77. The number of rotatable bonds is 13. The Balaban J connectivity index is 1.36. The van der Waals surface area contributed by atoms with Crippen LogP contribution in [0.15, 0.2) is 41.6 Å². The minimum Gasteiger partial charge on any atom is -0.478 e. The molecule has 0 radical (unpaired) electrons. The molecular weight excluding hydrogens is 438 g/mol. The fourth-order valence-corrected chi connectivity index (χ4v) is 4.12. The van der Waals surface area contributed by atoms with Crippen molar-refractivity contribution in [1.82, 2.24) is 35.8 Å². The van der Waals surface area contributed by atoms with E-state index in [0.29, 0.717) is 23.9 Å². The normalized spacial score (nSPS) is 14.6. The average molecular weight is 474 g/mol. The Labute approximate surface area is 200 Å². The van der Waals surface area contributed by atoms with Crippen molar-refractivity contribution in [2.45, 2.75) is 38.5 Å². The summed E-state index contributed by atoms with van der Waals surface area (Å²) in [5.41, 5.74) is 15.0. The van der Waals surface area contributed by atoms with E-state index in [2.05, 4.69) is 49.6 Å². The Morgan fingerprint density at radius 1 is 1.24 bits per heavy atom. The van der Waals surface area contributed by atoms with Crippen molar-refractivity contribution >= 4 is 23.6 Å². The van der Waals surface area contributed by atoms with Crippen LogP contribution in [0.25, 0.3) is 0 Å². The van der Waals surface area contributed by atoms with Crippen LogP contribution in [0.2, 0.25) is 0 Å². The molecule has 1 aliphatic rings. The molecule has 0 unspecified atom stereocenters. The lowest BCUT2D eigenvalue weighted by atomic mass is 9.86. The Morgan fingerprint density at radius 2 is 2.09 bits per heavy atom. The maximum Gasteiger partial charge on any atom is 0.213 e. The first kappa shape index (κ1) is 25.2. The summed E-state index contributed by atoms with van der Waals surface area (Å²) in [7, 11) is 0. The molecule has 3 heterocycles. The highest BCUT2D eigenvalue weighted by Crippen LogP contribution is 2.32. The number of aromatic nitrogens is 2. The van der Waals surface area contributed by atoms with E-state index in [1.54, 1.807) is 30.4 Å².